The van der Waals surface area contributed by atoms with E-state index in [1.807, 2.05) is 27.7 Å². The summed E-state index contributed by atoms with van der Waals surface area (Å²) in [5.74, 6) is -0.115. The predicted octanol–water partition coefficient (Wildman–Crippen LogP) is 1.82. The van der Waals surface area contributed by atoms with E-state index in [1.54, 1.807) is 0 Å². The van der Waals surface area contributed by atoms with Crippen molar-refractivity contribution in [2.24, 2.45) is 35.5 Å². The fourth-order valence-electron chi connectivity index (χ4n) is 4.64. The highest BCUT2D eigenvalue weighted by Gasteiger charge is 2.70. The number of rotatable bonds is 4. The van der Waals surface area contributed by atoms with Gasteiger partial charge in [-0.1, -0.05) is 27.7 Å². The molecule has 6 unspecified atom stereocenters. The molecule has 0 radical (unpaired) electrons. The molecular weight excluding hydrogens is 292 g/mol. The Bertz CT molecular complexity index is 538. The van der Waals surface area contributed by atoms with Crippen LogP contribution < -0.4 is 0 Å². The zero-order valence-corrected chi connectivity index (χ0v) is 13.8. The Kier molecular flexibility index (Phi) is 3.60. The summed E-state index contributed by atoms with van der Waals surface area (Å²) >= 11 is 0. The minimum Gasteiger partial charge on any atom is -0.465 e. The van der Waals surface area contributed by atoms with Gasteiger partial charge in [0.15, 0.2) is 0 Å². The minimum atomic E-state index is -3.53. The Hall–Kier alpha value is -0.620. The summed E-state index contributed by atoms with van der Waals surface area (Å²) in [5.41, 5.74) is 0. The highest BCUT2D eigenvalue weighted by Crippen LogP contribution is 2.62. The fourth-order valence-corrected chi connectivity index (χ4v) is 6.93. The number of hydrogen-bond donors (Lipinski definition) is 0. The third kappa shape index (κ3) is 2.22. The topological polar surface area (TPSA) is 69.7 Å². The van der Waals surface area contributed by atoms with Gasteiger partial charge in [-0.05, 0) is 30.1 Å². The normalized spacial score (nSPS) is 43.0. The van der Waals surface area contributed by atoms with Crippen LogP contribution >= 0.6 is 0 Å². The van der Waals surface area contributed by atoms with Gasteiger partial charge in [0.05, 0.1) is 23.9 Å². The van der Waals surface area contributed by atoms with Crippen molar-refractivity contribution in [3.8, 4) is 0 Å². The molecule has 5 nitrogen and oxygen atoms in total. The second kappa shape index (κ2) is 4.95. The zero-order valence-electron chi connectivity index (χ0n) is 13.0. The fraction of sp³-hybridized carbons (Fsp3) is 0.933. The maximum Gasteiger partial charge on any atom is 0.311 e. The summed E-state index contributed by atoms with van der Waals surface area (Å²) in [6.45, 7) is 8.41. The van der Waals surface area contributed by atoms with Gasteiger partial charge in [0.1, 0.15) is 0 Å². The van der Waals surface area contributed by atoms with Crippen LogP contribution in [0.2, 0.25) is 0 Å². The van der Waals surface area contributed by atoms with Crippen LogP contribution in [-0.4, -0.2) is 32.3 Å². The molecule has 3 fully saturated rings. The average molecular weight is 316 g/mol. The molecule has 0 N–H and O–H groups in total. The third-order valence-electron chi connectivity index (χ3n) is 5.26. The van der Waals surface area contributed by atoms with E-state index >= 15 is 0 Å². The molecule has 6 atom stereocenters. The van der Waals surface area contributed by atoms with E-state index < -0.39 is 27.4 Å². The largest absolute Gasteiger partial charge is 0.465 e. The highest BCUT2D eigenvalue weighted by atomic mass is 32.2. The molecule has 21 heavy (non-hydrogen) atoms. The van der Waals surface area contributed by atoms with Gasteiger partial charge in [-0.15, -0.1) is 0 Å². The summed E-state index contributed by atoms with van der Waals surface area (Å²) in [5, 5.41) is -0.415. The van der Waals surface area contributed by atoms with Gasteiger partial charge in [0.25, 0.3) is 10.1 Å². The average Bonchev–Trinajstić information content (AvgIpc) is 2.94. The Morgan fingerprint density at radius 1 is 1.24 bits per heavy atom. The molecule has 2 bridgehead atoms. The van der Waals surface area contributed by atoms with E-state index in [2.05, 4.69) is 0 Å². The summed E-state index contributed by atoms with van der Waals surface area (Å²) in [6, 6.07) is 0. The van der Waals surface area contributed by atoms with Gasteiger partial charge in [-0.3, -0.25) is 8.98 Å². The molecule has 120 valence electrons. The maximum absolute atomic E-state index is 12.4. The standard InChI is InChI=1S/C15H24O5S/c1-7(2)6-19-15(16)12-9-5-10-13(12)20-21(17,18)14(10)11(9)8(3)4/h7-14H,5-6H2,1-4H3. The first kappa shape index (κ1) is 15.3. The molecule has 0 spiro atoms. The number of carbonyl (C=O) groups excluding carboxylic acids is 1. The van der Waals surface area contributed by atoms with Crippen molar-refractivity contribution in [3.63, 3.8) is 0 Å². The van der Waals surface area contributed by atoms with Crippen LogP contribution in [-0.2, 0) is 23.8 Å². The quantitative estimate of drug-likeness (QED) is 0.584. The lowest BCUT2D eigenvalue weighted by molar-refractivity contribution is -0.155. The van der Waals surface area contributed by atoms with Gasteiger partial charge < -0.3 is 4.74 Å². The second-order valence-electron chi connectivity index (χ2n) is 7.45. The monoisotopic (exact) mass is 316 g/mol. The van der Waals surface area contributed by atoms with Crippen LogP contribution in [0.3, 0.4) is 0 Å². The van der Waals surface area contributed by atoms with Crippen LogP contribution in [0.25, 0.3) is 0 Å². The molecule has 0 amide bonds. The molecule has 6 heteroatoms. The van der Waals surface area contributed by atoms with Crippen molar-refractivity contribution in [2.75, 3.05) is 6.61 Å². The molecule has 0 aromatic heterocycles. The number of carbonyl (C=O) groups is 1. The van der Waals surface area contributed by atoms with E-state index in [-0.39, 0.29) is 35.6 Å². The highest BCUT2D eigenvalue weighted by molar-refractivity contribution is 7.87. The number of hydrogen-bond acceptors (Lipinski definition) is 5. The number of esters is 1. The number of fused-ring (bicyclic) bond motifs is 1. The van der Waals surface area contributed by atoms with Crippen LogP contribution in [0.4, 0.5) is 0 Å². The minimum absolute atomic E-state index is 0.00958. The van der Waals surface area contributed by atoms with E-state index in [0.717, 1.165) is 6.42 Å². The molecular formula is C15H24O5S. The lowest BCUT2D eigenvalue weighted by Crippen LogP contribution is -2.43. The Morgan fingerprint density at radius 2 is 1.90 bits per heavy atom. The van der Waals surface area contributed by atoms with E-state index in [0.29, 0.717) is 6.61 Å². The van der Waals surface area contributed by atoms with E-state index in [9.17, 15) is 13.2 Å². The van der Waals surface area contributed by atoms with Crippen molar-refractivity contribution < 1.29 is 22.1 Å². The molecule has 1 heterocycles. The van der Waals surface area contributed by atoms with E-state index in [4.69, 9.17) is 8.92 Å². The summed E-state index contributed by atoms with van der Waals surface area (Å²) in [7, 11) is -3.53. The Labute approximate surface area is 126 Å². The lowest BCUT2D eigenvalue weighted by atomic mass is 9.74. The van der Waals surface area contributed by atoms with Crippen LogP contribution in [0.5, 0.6) is 0 Å². The van der Waals surface area contributed by atoms with Crippen molar-refractivity contribution in [3.05, 3.63) is 0 Å². The first-order valence-corrected chi connectivity index (χ1v) is 9.30. The van der Waals surface area contributed by atoms with Crippen LogP contribution in [0, 0.1) is 35.5 Å². The van der Waals surface area contributed by atoms with Crippen molar-refractivity contribution in [2.45, 2.75) is 45.5 Å². The SMILES string of the molecule is CC(C)COC(=O)C1C2CC3C1OS(=O)(=O)C3C2C(C)C. The van der Waals surface area contributed by atoms with Gasteiger partial charge in [-0.2, -0.15) is 8.42 Å². The van der Waals surface area contributed by atoms with Crippen molar-refractivity contribution in [1.82, 2.24) is 0 Å². The Morgan fingerprint density at radius 3 is 2.48 bits per heavy atom. The third-order valence-corrected chi connectivity index (χ3v) is 7.08. The van der Waals surface area contributed by atoms with Crippen molar-refractivity contribution in [1.29, 1.82) is 0 Å². The molecule has 0 aromatic carbocycles. The molecule has 1 saturated heterocycles. The van der Waals surface area contributed by atoms with Gasteiger partial charge in [0, 0.05) is 5.92 Å². The molecule has 0 aromatic rings. The predicted molar refractivity (Wildman–Crippen MR) is 76.8 cm³/mol. The maximum atomic E-state index is 12.4. The van der Waals surface area contributed by atoms with E-state index in [1.165, 1.54) is 0 Å². The molecule has 2 aliphatic carbocycles. The molecule has 3 rings (SSSR count). The zero-order chi connectivity index (χ0) is 15.5. The first-order chi connectivity index (χ1) is 9.74. The Balaban J connectivity index is 1.87. The van der Waals surface area contributed by atoms with Crippen LogP contribution in [0.15, 0.2) is 0 Å². The summed E-state index contributed by atoms with van der Waals surface area (Å²) in [6.07, 6.45) is 0.290. The van der Waals surface area contributed by atoms with Crippen LogP contribution in [0.1, 0.15) is 34.1 Å². The second-order valence-corrected chi connectivity index (χ2v) is 9.18. The van der Waals surface area contributed by atoms with Gasteiger partial charge in [-0.25, -0.2) is 0 Å². The lowest BCUT2D eigenvalue weighted by Gasteiger charge is -2.32. The molecule has 3 aliphatic rings. The summed E-state index contributed by atoms with van der Waals surface area (Å²) < 4.78 is 35.2. The van der Waals surface area contributed by atoms with Gasteiger partial charge in [0.2, 0.25) is 0 Å². The molecule has 1 aliphatic heterocycles. The van der Waals surface area contributed by atoms with Gasteiger partial charge >= 0.3 is 5.97 Å². The first-order valence-electron chi connectivity index (χ1n) is 7.82. The molecule has 2 saturated carbocycles. The van der Waals surface area contributed by atoms with Crippen molar-refractivity contribution >= 4 is 16.1 Å². The summed E-state index contributed by atoms with van der Waals surface area (Å²) in [4.78, 5) is 12.4. The number of ether oxygens (including phenoxy) is 1. The smallest absolute Gasteiger partial charge is 0.311 e.